The fraction of sp³-hybridized carbons (Fsp3) is 0.692. The summed E-state index contributed by atoms with van der Waals surface area (Å²) in [6.07, 6.45) is 8.87. The van der Waals surface area contributed by atoms with E-state index in [4.69, 9.17) is 9.15 Å². The van der Waals surface area contributed by atoms with Gasteiger partial charge in [-0.3, -0.25) is 0 Å². The Bertz CT molecular complexity index is 278. The van der Waals surface area contributed by atoms with Crippen molar-refractivity contribution in [1.29, 1.82) is 0 Å². The van der Waals surface area contributed by atoms with Crippen LogP contribution < -0.4 is 5.32 Å². The summed E-state index contributed by atoms with van der Waals surface area (Å²) in [5, 5.41) is 3.49. The van der Waals surface area contributed by atoms with Crippen molar-refractivity contribution in [3.05, 3.63) is 24.2 Å². The molecule has 1 aliphatic heterocycles. The van der Waals surface area contributed by atoms with E-state index in [9.17, 15) is 0 Å². The number of nitrogens with one attached hydrogen (secondary N) is 1. The quantitative estimate of drug-likeness (QED) is 0.805. The van der Waals surface area contributed by atoms with Crippen LogP contribution in [0.3, 0.4) is 0 Å². The van der Waals surface area contributed by atoms with Gasteiger partial charge in [0.25, 0.3) is 0 Å². The molecule has 2 atom stereocenters. The third-order valence-corrected chi connectivity index (χ3v) is 3.18. The van der Waals surface area contributed by atoms with Gasteiger partial charge in [0.05, 0.1) is 18.6 Å². The monoisotopic (exact) mass is 223 g/mol. The molecule has 0 radical (unpaired) electrons. The van der Waals surface area contributed by atoms with E-state index in [1.165, 1.54) is 31.2 Å². The highest BCUT2D eigenvalue weighted by Crippen LogP contribution is 2.17. The van der Waals surface area contributed by atoms with Crippen molar-refractivity contribution >= 4 is 0 Å². The van der Waals surface area contributed by atoms with Gasteiger partial charge in [0.1, 0.15) is 0 Å². The topological polar surface area (TPSA) is 34.4 Å². The zero-order valence-corrected chi connectivity index (χ0v) is 9.95. The lowest BCUT2D eigenvalue weighted by atomic mass is 10.1. The SMILES string of the molecule is CC(CCC1CCCO1)NCc1ccoc1. The van der Waals surface area contributed by atoms with Crippen LogP contribution in [-0.4, -0.2) is 18.8 Å². The zero-order chi connectivity index (χ0) is 11.2. The Hall–Kier alpha value is -0.800. The maximum atomic E-state index is 5.61. The normalized spacial score (nSPS) is 22.4. The van der Waals surface area contributed by atoms with Crippen molar-refractivity contribution in [3.8, 4) is 0 Å². The number of hydrogen-bond donors (Lipinski definition) is 1. The van der Waals surface area contributed by atoms with Crippen LogP contribution in [-0.2, 0) is 11.3 Å². The largest absolute Gasteiger partial charge is 0.472 e. The Balaban J connectivity index is 1.58. The summed E-state index contributed by atoms with van der Waals surface area (Å²) in [7, 11) is 0. The number of furan rings is 1. The highest BCUT2D eigenvalue weighted by atomic mass is 16.5. The Labute approximate surface area is 97.2 Å². The summed E-state index contributed by atoms with van der Waals surface area (Å²) >= 11 is 0. The van der Waals surface area contributed by atoms with Crippen LogP contribution in [0.15, 0.2) is 23.0 Å². The smallest absolute Gasteiger partial charge is 0.0947 e. The van der Waals surface area contributed by atoms with Crippen molar-refractivity contribution in [3.63, 3.8) is 0 Å². The first-order chi connectivity index (χ1) is 7.84. The molecule has 0 bridgehead atoms. The lowest BCUT2D eigenvalue weighted by Gasteiger charge is -2.15. The van der Waals surface area contributed by atoms with E-state index in [1.807, 2.05) is 6.07 Å². The van der Waals surface area contributed by atoms with Crippen molar-refractivity contribution in [2.24, 2.45) is 0 Å². The van der Waals surface area contributed by atoms with E-state index in [-0.39, 0.29) is 0 Å². The van der Waals surface area contributed by atoms with Gasteiger partial charge >= 0.3 is 0 Å². The number of ether oxygens (including phenoxy) is 1. The van der Waals surface area contributed by atoms with Gasteiger partial charge in [-0.05, 0) is 38.7 Å². The first-order valence-electron chi connectivity index (χ1n) is 6.20. The predicted octanol–water partition coefficient (Wildman–Crippen LogP) is 2.72. The first-order valence-corrected chi connectivity index (χ1v) is 6.20. The summed E-state index contributed by atoms with van der Waals surface area (Å²) < 4.78 is 10.6. The standard InChI is InChI=1S/C13H21NO2/c1-11(4-5-13-3-2-7-16-13)14-9-12-6-8-15-10-12/h6,8,10-11,13-14H,2-5,7,9H2,1H3. The molecule has 1 saturated heterocycles. The molecular formula is C13H21NO2. The van der Waals surface area contributed by atoms with Gasteiger partial charge in [0.15, 0.2) is 0 Å². The van der Waals surface area contributed by atoms with E-state index in [1.54, 1.807) is 12.5 Å². The molecule has 16 heavy (non-hydrogen) atoms. The maximum absolute atomic E-state index is 5.61. The Morgan fingerprint density at radius 1 is 1.56 bits per heavy atom. The van der Waals surface area contributed by atoms with Crippen LogP contribution in [0.5, 0.6) is 0 Å². The molecule has 2 rings (SSSR count). The second-order valence-electron chi connectivity index (χ2n) is 4.63. The fourth-order valence-electron chi connectivity index (χ4n) is 2.10. The maximum Gasteiger partial charge on any atom is 0.0947 e. The third-order valence-electron chi connectivity index (χ3n) is 3.18. The van der Waals surface area contributed by atoms with Crippen LogP contribution in [0.2, 0.25) is 0 Å². The van der Waals surface area contributed by atoms with Gasteiger partial charge in [-0.1, -0.05) is 0 Å². The summed E-state index contributed by atoms with van der Waals surface area (Å²) in [6.45, 7) is 4.08. The Kier molecular flexibility index (Phi) is 4.43. The molecule has 3 nitrogen and oxygen atoms in total. The average Bonchev–Trinajstić information content (AvgIpc) is 2.96. The van der Waals surface area contributed by atoms with Crippen LogP contribution in [0.4, 0.5) is 0 Å². The van der Waals surface area contributed by atoms with Gasteiger partial charge in [0, 0.05) is 24.8 Å². The second kappa shape index (κ2) is 6.06. The van der Waals surface area contributed by atoms with Gasteiger partial charge in [-0.15, -0.1) is 0 Å². The minimum atomic E-state index is 0.512. The molecular weight excluding hydrogens is 202 g/mol. The van der Waals surface area contributed by atoms with Crippen LogP contribution in [0.25, 0.3) is 0 Å². The fourth-order valence-corrected chi connectivity index (χ4v) is 2.10. The number of hydrogen-bond acceptors (Lipinski definition) is 3. The average molecular weight is 223 g/mol. The molecule has 1 fully saturated rings. The zero-order valence-electron chi connectivity index (χ0n) is 9.95. The van der Waals surface area contributed by atoms with Crippen LogP contribution in [0.1, 0.15) is 38.2 Å². The van der Waals surface area contributed by atoms with E-state index in [2.05, 4.69) is 12.2 Å². The summed E-state index contributed by atoms with van der Waals surface area (Å²) in [5.41, 5.74) is 1.21. The van der Waals surface area contributed by atoms with Crippen LogP contribution in [0, 0.1) is 0 Å². The molecule has 1 aliphatic rings. The minimum Gasteiger partial charge on any atom is -0.472 e. The van der Waals surface area contributed by atoms with E-state index < -0.39 is 0 Å². The van der Waals surface area contributed by atoms with Crippen molar-refractivity contribution in [1.82, 2.24) is 5.32 Å². The summed E-state index contributed by atoms with van der Waals surface area (Å²) in [6, 6.07) is 2.54. The van der Waals surface area contributed by atoms with Crippen molar-refractivity contribution in [2.45, 2.75) is 51.3 Å². The molecule has 2 unspecified atom stereocenters. The lowest BCUT2D eigenvalue weighted by Crippen LogP contribution is -2.26. The Morgan fingerprint density at radius 2 is 2.50 bits per heavy atom. The third kappa shape index (κ3) is 3.65. The van der Waals surface area contributed by atoms with Crippen molar-refractivity contribution in [2.75, 3.05) is 6.61 Å². The molecule has 0 aromatic carbocycles. The Morgan fingerprint density at radius 3 is 3.19 bits per heavy atom. The summed E-state index contributed by atoms with van der Waals surface area (Å²) in [5.74, 6) is 0. The van der Waals surface area contributed by atoms with Gasteiger partial charge in [-0.25, -0.2) is 0 Å². The minimum absolute atomic E-state index is 0.512. The molecule has 2 heterocycles. The van der Waals surface area contributed by atoms with Crippen molar-refractivity contribution < 1.29 is 9.15 Å². The molecule has 1 aromatic heterocycles. The van der Waals surface area contributed by atoms with Gasteiger partial charge in [0.2, 0.25) is 0 Å². The first kappa shape index (κ1) is 11.7. The molecule has 90 valence electrons. The molecule has 1 aromatic rings. The molecule has 0 spiro atoms. The predicted molar refractivity (Wildman–Crippen MR) is 63.2 cm³/mol. The number of rotatable bonds is 6. The summed E-state index contributed by atoms with van der Waals surface area (Å²) in [4.78, 5) is 0. The molecule has 1 N–H and O–H groups in total. The molecule has 0 amide bonds. The molecule has 0 aliphatic carbocycles. The van der Waals surface area contributed by atoms with E-state index >= 15 is 0 Å². The lowest BCUT2D eigenvalue weighted by molar-refractivity contribution is 0.100. The highest BCUT2D eigenvalue weighted by molar-refractivity contribution is 5.04. The molecule has 0 saturated carbocycles. The van der Waals surface area contributed by atoms with Gasteiger partial charge in [-0.2, -0.15) is 0 Å². The van der Waals surface area contributed by atoms with E-state index in [0.29, 0.717) is 12.1 Å². The highest BCUT2D eigenvalue weighted by Gasteiger charge is 2.16. The second-order valence-corrected chi connectivity index (χ2v) is 4.63. The van der Waals surface area contributed by atoms with E-state index in [0.717, 1.165) is 13.2 Å². The molecule has 3 heteroatoms. The van der Waals surface area contributed by atoms with Crippen LogP contribution >= 0.6 is 0 Å². The van der Waals surface area contributed by atoms with Gasteiger partial charge < -0.3 is 14.5 Å².